The number of aliphatic carboxylic acids is 1. The molecule has 12 nitrogen and oxygen atoms in total. The van der Waals surface area contributed by atoms with Gasteiger partial charge in [-0.25, -0.2) is 4.79 Å². The van der Waals surface area contributed by atoms with Gasteiger partial charge in [-0.3, -0.25) is 4.79 Å². The van der Waals surface area contributed by atoms with Gasteiger partial charge in [0.05, 0.1) is 12.9 Å². The highest BCUT2D eigenvalue weighted by molar-refractivity contribution is 5.73. The number of carbonyl (C=O) groups is 2. The molecule has 0 aliphatic carbocycles. The van der Waals surface area contributed by atoms with Crippen LogP contribution >= 0.6 is 0 Å². The number of nitrogens with one attached hydrogen (secondary N) is 1. The summed E-state index contributed by atoms with van der Waals surface area (Å²) in [5.74, 6) is 0.358. The number of fused-ring (bicyclic) bond motifs is 2. The number of hydrogen-bond acceptors (Lipinski definition) is 10. The Morgan fingerprint density at radius 2 is 2.03 bits per heavy atom. The zero-order chi connectivity index (χ0) is 23.7. The van der Waals surface area contributed by atoms with Crippen LogP contribution in [0, 0.1) is 0 Å². The van der Waals surface area contributed by atoms with Crippen molar-refractivity contribution in [3.63, 3.8) is 0 Å². The monoisotopic (exact) mass is 477 g/mol. The zero-order valence-electron chi connectivity index (χ0n) is 18.1. The molecule has 182 valence electrons. The number of hydrogen-bond donors (Lipinski definition) is 2. The fourth-order valence-corrected chi connectivity index (χ4v) is 4.08. The molecule has 34 heavy (non-hydrogen) atoms. The van der Waals surface area contributed by atoms with Crippen molar-refractivity contribution in [1.29, 1.82) is 0 Å². The van der Waals surface area contributed by atoms with Crippen LogP contribution in [-0.2, 0) is 28.5 Å². The van der Waals surface area contributed by atoms with Crippen LogP contribution in [-0.4, -0.2) is 67.6 Å². The molecule has 1 aromatic carbocycles. The van der Waals surface area contributed by atoms with Crippen LogP contribution in [0.5, 0.6) is 17.2 Å². The van der Waals surface area contributed by atoms with Gasteiger partial charge in [0, 0.05) is 13.0 Å². The van der Waals surface area contributed by atoms with E-state index < -0.39 is 49.5 Å². The number of ether oxygens (including phenoxy) is 7. The van der Waals surface area contributed by atoms with Gasteiger partial charge in [-0.15, -0.1) is 0 Å². The van der Waals surface area contributed by atoms with Crippen molar-refractivity contribution in [2.75, 3.05) is 20.0 Å². The number of furan rings is 1. The normalized spacial score (nSPS) is 29.8. The molecule has 3 aliphatic rings. The predicted octanol–water partition coefficient (Wildman–Crippen LogP) is 1.20. The second kappa shape index (κ2) is 9.50. The van der Waals surface area contributed by atoms with E-state index in [4.69, 9.17) is 37.6 Å². The summed E-state index contributed by atoms with van der Waals surface area (Å²) in [4.78, 5) is 23.3. The summed E-state index contributed by atoms with van der Waals surface area (Å²) in [6, 6.07) is 7.48. The van der Waals surface area contributed by atoms with Crippen LogP contribution in [0.15, 0.2) is 41.0 Å². The minimum Gasteiger partial charge on any atom is -0.480 e. The quantitative estimate of drug-likeness (QED) is 0.593. The third-order valence-electron chi connectivity index (χ3n) is 5.48. The van der Waals surface area contributed by atoms with Crippen LogP contribution < -0.4 is 19.5 Å². The molecule has 1 amide bonds. The predicted molar refractivity (Wildman–Crippen MR) is 109 cm³/mol. The van der Waals surface area contributed by atoms with Crippen molar-refractivity contribution < 1.29 is 52.3 Å². The molecule has 2 N–H and O–H groups in total. The molecule has 4 heterocycles. The zero-order valence-corrected chi connectivity index (χ0v) is 18.1. The second-order valence-electron chi connectivity index (χ2n) is 7.85. The van der Waals surface area contributed by atoms with E-state index >= 15 is 0 Å². The van der Waals surface area contributed by atoms with Gasteiger partial charge in [-0.05, 0) is 24.3 Å². The summed E-state index contributed by atoms with van der Waals surface area (Å²) >= 11 is 0. The smallest absolute Gasteiger partial charge is 0.329 e. The van der Waals surface area contributed by atoms with Crippen LogP contribution in [0.3, 0.4) is 0 Å². The summed E-state index contributed by atoms with van der Waals surface area (Å²) in [6.07, 6.45) is -2.79. The third kappa shape index (κ3) is 4.66. The highest BCUT2D eigenvalue weighted by atomic mass is 16.8. The molecule has 6 atom stereocenters. The lowest BCUT2D eigenvalue weighted by Crippen LogP contribution is -2.68. The van der Waals surface area contributed by atoms with Gasteiger partial charge in [0.25, 0.3) is 0 Å². The number of carbonyl (C=O) groups excluding carboxylic acids is 1. The molecule has 2 saturated heterocycles. The Morgan fingerprint density at radius 3 is 2.79 bits per heavy atom. The minimum absolute atomic E-state index is 0.0940. The summed E-state index contributed by atoms with van der Waals surface area (Å²) in [5.41, 5.74) is 0. The minimum atomic E-state index is -1.17. The standard InChI is InChI=1S/C22H23NO11/c1-11(24)23-18-20(28-9-17(25)26)19-16(8-29-21(34-19)14-3-2-6-27-14)33-22(18)32-12-4-5-13-15(7-12)31-10-30-13/h2-7,16,18-22H,8-10H2,1H3,(H,23,24)(H,25,26). The van der Waals surface area contributed by atoms with Gasteiger partial charge < -0.3 is 48.0 Å². The van der Waals surface area contributed by atoms with Gasteiger partial charge in [-0.1, -0.05) is 0 Å². The molecule has 6 unspecified atom stereocenters. The van der Waals surface area contributed by atoms with Crippen molar-refractivity contribution in [3.05, 3.63) is 42.4 Å². The van der Waals surface area contributed by atoms with Crippen molar-refractivity contribution in [3.8, 4) is 17.2 Å². The Bertz CT molecular complexity index is 1030. The molecule has 2 fully saturated rings. The molecule has 5 rings (SSSR count). The highest BCUT2D eigenvalue weighted by Gasteiger charge is 2.52. The molecular weight excluding hydrogens is 454 g/mol. The number of rotatable bonds is 7. The van der Waals surface area contributed by atoms with E-state index in [9.17, 15) is 14.7 Å². The molecule has 0 bridgehead atoms. The maximum atomic E-state index is 12.0. The Labute approximate surface area is 193 Å². The fourth-order valence-electron chi connectivity index (χ4n) is 4.08. The largest absolute Gasteiger partial charge is 0.480 e. The van der Waals surface area contributed by atoms with Gasteiger partial charge in [0.15, 0.2) is 17.3 Å². The van der Waals surface area contributed by atoms with Gasteiger partial charge in [0.2, 0.25) is 25.3 Å². The molecule has 12 heteroatoms. The number of amides is 1. The summed E-state index contributed by atoms with van der Waals surface area (Å²) in [5, 5.41) is 12.0. The van der Waals surface area contributed by atoms with Crippen molar-refractivity contribution in [2.45, 2.75) is 43.9 Å². The first kappa shape index (κ1) is 22.5. The number of carboxylic acid groups (broad SMARTS) is 1. The van der Waals surface area contributed by atoms with E-state index in [1.54, 1.807) is 30.3 Å². The van der Waals surface area contributed by atoms with Crippen molar-refractivity contribution >= 4 is 11.9 Å². The Kier molecular flexibility index (Phi) is 6.28. The van der Waals surface area contributed by atoms with E-state index in [-0.39, 0.29) is 19.3 Å². The fraction of sp³-hybridized carbons (Fsp3) is 0.455. The van der Waals surface area contributed by atoms with E-state index in [2.05, 4.69) is 5.32 Å². The molecule has 2 aromatic rings. The SMILES string of the molecule is CC(=O)NC1C(Oc2ccc3c(c2)OCO3)OC2COC(c3ccco3)OC2C1OCC(=O)O. The average molecular weight is 477 g/mol. The van der Waals surface area contributed by atoms with Crippen molar-refractivity contribution in [2.24, 2.45) is 0 Å². The highest BCUT2D eigenvalue weighted by Crippen LogP contribution is 2.38. The number of carboxylic acids is 1. The van der Waals surface area contributed by atoms with Crippen LogP contribution in [0.2, 0.25) is 0 Å². The molecule has 0 radical (unpaired) electrons. The lowest BCUT2D eigenvalue weighted by atomic mass is 9.95. The number of benzene rings is 1. The summed E-state index contributed by atoms with van der Waals surface area (Å²) < 4.78 is 45.7. The van der Waals surface area contributed by atoms with Crippen molar-refractivity contribution in [1.82, 2.24) is 5.32 Å². The topological polar surface area (TPSA) is 144 Å². The van der Waals surface area contributed by atoms with Gasteiger partial charge in [0.1, 0.15) is 36.7 Å². The summed E-state index contributed by atoms with van der Waals surface area (Å²) in [6.45, 7) is 0.912. The average Bonchev–Trinajstić information content (AvgIpc) is 3.50. The molecule has 0 saturated carbocycles. The first-order valence-electron chi connectivity index (χ1n) is 10.6. The molecule has 0 spiro atoms. The van der Waals surface area contributed by atoms with Crippen LogP contribution in [0.25, 0.3) is 0 Å². The molecule has 3 aliphatic heterocycles. The first-order valence-corrected chi connectivity index (χ1v) is 10.6. The van der Waals surface area contributed by atoms with Gasteiger partial charge in [-0.2, -0.15) is 0 Å². The van der Waals surface area contributed by atoms with Crippen LogP contribution in [0.1, 0.15) is 19.0 Å². The third-order valence-corrected chi connectivity index (χ3v) is 5.48. The second-order valence-corrected chi connectivity index (χ2v) is 7.85. The van der Waals surface area contributed by atoms with E-state index in [0.717, 1.165) is 0 Å². The van der Waals surface area contributed by atoms with Gasteiger partial charge >= 0.3 is 5.97 Å². The van der Waals surface area contributed by atoms with Crippen LogP contribution in [0.4, 0.5) is 0 Å². The maximum absolute atomic E-state index is 12.0. The Morgan fingerprint density at radius 1 is 1.18 bits per heavy atom. The van der Waals surface area contributed by atoms with E-state index in [1.807, 2.05) is 0 Å². The Balaban J connectivity index is 1.41. The molecule has 1 aromatic heterocycles. The maximum Gasteiger partial charge on any atom is 0.329 e. The summed E-state index contributed by atoms with van der Waals surface area (Å²) in [7, 11) is 0. The first-order chi connectivity index (χ1) is 16.5. The molecular formula is C22H23NO11. The van der Waals surface area contributed by atoms with E-state index in [1.165, 1.54) is 13.2 Å². The van der Waals surface area contributed by atoms with E-state index in [0.29, 0.717) is 23.0 Å². The Hall–Kier alpha value is -3.32. The lowest BCUT2D eigenvalue weighted by Gasteiger charge is -2.48. The lowest BCUT2D eigenvalue weighted by molar-refractivity contribution is -0.340.